The first-order valence-corrected chi connectivity index (χ1v) is 12.7. The van der Waals surface area contributed by atoms with Crippen LogP contribution in [0.15, 0.2) is 97.2 Å². The van der Waals surface area contributed by atoms with Crippen LogP contribution in [0.2, 0.25) is 0 Å². The van der Waals surface area contributed by atoms with Gasteiger partial charge in [0, 0.05) is 18.3 Å². The van der Waals surface area contributed by atoms with E-state index in [1.54, 1.807) is 11.0 Å². The largest absolute Gasteiger partial charge is 0.334 e. The molecule has 3 heterocycles. The third-order valence-electron chi connectivity index (χ3n) is 7.08. The van der Waals surface area contributed by atoms with Gasteiger partial charge < -0.3 is 14.8 Å². The molecule has 6 nitrogen and oxygen atoms in total. The first-order chi connectivity index (χ1) is 18.5. The fraction of sp³-hybridized carbons (Fsp3) is 0.161. The highest BCUT2D eigenvalue weighted by Crippen LogP contribution is 2.38. The molecule has 1 aliphatic rings. The second-order valence-electron chi connectivity index (χ2n) is 9.67. The molecule has 1 atom stereocenters. The number of hydrogen-bond donors (Lipinski definition) is 1. The molecule has 38 heavy (non-hydrogen) atoms. The minimum atomic E-state index is -0.505. The van der Waals surface area contributed by atoms with Crippen molar-refractivity contribution in [3.8, 4) is 11.5 Å². The molecule has 190 valence electrons. The van der Waals surface area contributed by atoms with Crippen molar-refractivity contribution < 1.29 is 9.18 Å². The second kappa shape index (κ2) is 9.67. The van der Waals surface area contributed by atoms with E-state index in [4.69, 9.17) is 5.10 Å². The molecule has 0 spiro atoms. The highest BCUT2D eigenvalue weighted by molar-refractivity contribution is 5.76. The van der Waals surface area contributed by atoms with Gasteiger partial charge >= 0.3 is 6.03 Å². The van der Waals surface area contributed by atoms with Crippen LogP contribution in [0.3, 0.4) is 0 Å². The molecule has 2 amide bonds. The van der Waals surface area contributed by atoms with Gasteiger partial charge in [0.1, 0.15) is 11.6 Å². The molecule has 6 rings (SSSR count). The fourth-order valence-electron chi connectivity index (χ4n) is 5.16. The summed E-state index contributed by atoms with van der Waals surface area (Å²) in [5.41, 5.74) is 6.44. The van der Waals surface area contributed by atoms with E-state index in [-0.39, 0.29) is 11.8 Å². The van der Waals surface area contributed by atoms with Crippen molar-refractivity contribution in [1.29, 1.82) is 0 Å². The van der Waals surface area contributed by atoms with Crippen LogP contribution in [0.5, 0.6) is 0 Å². The lowest BCUT2D eigenvalue weighted by atomic mass is 10.0. The summed E-state index contributed by atoms with van der Waals surface area (Å²) in [5.74, 6) is 0.540. The standard InChI is InChI=1S/C31H28FN5O/c1-21-13-15-23(16-14-21)19-33-31(38)36-20-27-22(2)34-37(26-10-4-3-5-11-26)30(27)35-17-7-12-28(35)29(36)24-8-6-9-25(32)18-24/h3-18,29H,19-20H2,1-2H3,(H,33,38). The van der Waals surface area contributed by atoms with Crippen molar-refractivity contribution in [2.75, 3.05) is 0 Å². The number of hydrogen-bond acceptors (Lipinski definition) is 2. The van der Waals surface area contributed by atoms with Crippen molar-refractivity contribution in [3.63, 3.8) is 0 Å². The summed E-state index contributed by atoms with van der Waals surface area (Å²) in [6.45, 7) is 4.71. The van der Waals surface area contributed by atoms with Crippen LogP contribution < -0.4 is 5.32 Å². The van der Waals surface area contributed by atoms with Crippen LogP contribution in [0.25, 0.3) is 11.5 Å². The molecule has 0 saturated carbocycles. The van der Waals surface area contributed by atoms with Gasteiger partial charge in [-0.3, -0.25) is 0 Å². The number of carbonyl (C=O) groups excluding carboxylic acids is 1. The Bertz CT molecular complexity index is 1600. The molecule has 5 aromatic rings. The Balaban J connectivity index is 1.47. The van der Waals surface area contributed by atoms with Gasteiger partial charge in [-0.1, -0.05) is 60.2 Å². The maximum atomic E-state index is 14.5. The molecule has 7 heteroatoms. The Morgan fingerprint density at radius 2 is 1.76 bits per heavy atom. The van der Waals surface area contributed by atoms with Gasteiger partial charge in [0.05, 0.1) is 29.7 Å². The van der Waals surface area contributed by atoms with Gasteiger partial charge in [-0.25, -0.2) is 13.9 Å². The maximum Gasteiger partial charge on any atom is 0.318 e. The van der Waals surface area contributed by atoms with Crippen molar-refractivity contribution in [1.82, 2.24) is 24.6 Å². The molecule has 0 bridgehead atoms. The number of amides is 2. The number of nitrogens with one attached hydrogen (secondary N) is 1. The smallest absolute Gasteiger partial charge is 0.318 e. The zero-order chi connectivity index (χ0) is 26.2. The first-order valence-electron chi connectivity index (χ1n) is 12.7. The lowest BCUT2D eigenvalue weighted by Gasteiger charge is -2.31. The minimum absolute atomic E-state index is 0.229. The average Bonchev–Trinajstić information content (AvgIpc) is 3.49. The normalized spacial score (nSPS) is 14.5. The average molecular weight is 506 g/mol. The minimum Gasteiger partial charge on any atom is -0.334 e. The summed E-state index contributed by atoms with van der Waals surface area (Å²) in [5, 5.41) is 7.97. The van der Waals surface area contributed by atoms with Gasteiger partial charge in [-0.2, -0.15) is 5.10 Å². The SMILES string of the molecule is Cc1ccc(CNC(=O)N2Cc3c(C)nn(-c4ccccc4)c3-n3cccc3C2c2cccc(F)c2)cc1. The predicted molar refractivity (Wildman–Crippen MR) is 145 cm³/mol. The number of fused-ring (bicyclic) bond motifs is 3. The molecule has 3 aromatic carbocycles. The summed E-state index contributed by atoms with van der Waals surface area (Å²) >= 11 is 0. The molecular weight excluding hydrogens is 477 g/mol. The van der Waals surface area contributed by atoms with E-state index in [1.807, 2.05) is 97.5 Å². The lowest BCUT2D eigenvalue weighted by Crippen LogP contribution is -2.41. The van der Waals surface area contributed by atoms with Crippen LogP contribution in [0, 0.1) is 19.7 Å². The number of rotatable bonds is 4. The Hall–Kier alpha value is -4.65. The van der Waals surface area contributed by atoms with Gasteiger partial charge in [-0.15, -0.1) is 0 Å². The molecule has 1 unspecified atom stereocenters. The number of urea groups is 1. The highest BCUT2D eigenvalue weighted by Gasteiger charge is 2.36. The highest BCUT2D eigenvalue weighted by atomic mass is 19.1. The monoisotopic (exact) mass is 505 g/mol. The summed E-state index contributed by atoms with van der Waals surface area (Å²) in [4.78, 5) is 15.7. The number of nitrogens with zero attached hydrogens (tertiary/aromatic N) is 4. The zero-order valence-corrected chi connectivity index (χ0v) is 21.3. The summed E-state index contributed by atoms with van der Waals surface area (Å²) < 4.78 is 18.5. The molecule has 0 radical (unpaired) electrons. The van der Waals surface area contributed by atoms with Crippen molar-refractivity contribution in [2.24, 2.45) is 0 Å². The van der Waals surface area contributed by atoms with Gasteiger partial charge in [0.25, 0.3) is 0 Å². The van der Waals surface area contributed by atoms with Gasteiger partial charge in [0.2, 0.25) is 0 Å². The van der Waals surface area contributed by atoms with E-state index in [9.17, 15) is 9.18 Å². The maximum absolute atomic E-state index is 14.5. The van der Waals surface area contributed by atoms with Crippen LogP contribution in [-0.2, 0) is 13.1 Å². The Labute approximate surface area is 221 Å². The third-order valence-corrected chi connectivity index (χ3v) is 7.08. The number of benzene rings is 3. The van der Waals surface area contributed by atoms with E-state index in [1.165, 1.54) is 12.1 Å². The van der Waals surface area contributed by atoms with Gasteiger partial charge in [-0.05, 0) is 61.4 Å². The molecule has 0 aliphatic carbocycles. The molecular formula is C31H28FN5O. The Morgan fingerprint density at radius 1 is 0.974 bits per heavy atom. The number of aryl methyl sites for hydroxylation is 2. The number of aromatic nitrogens is 3. The first kappa shape index (κ1) is 23.7. The van der Waals surface area contributed by atoms with Crippen molar-refractivity contribution in [2.45, 2.75) is 33.0 Å². The fourth-order valence-corrected chi connectivity index (χ4v) is 5.16. The second-order valence-corrected chi connectivity index (χ2v) is 9.67. The molecule has 1 aliphatic heterocycles. The lowest BCUT2D eigenvalue weighted by molar-refractivity contribution is 0.180. The molecule has 0 saturated heterocycles. The molecule has 0 fully saturated rings. The van der Waals surface area contributed by atoms with Crippen LogP contribution >= 0.6 is 0 Å². The number of para-hydroxylation sites is 1. The summed E-state index contributed by atoms with van der Waals surface area (Å²) in [6.07, 6.45) is 1.98. The topological polar surface area (TPSA) is 55.1 Å². The van der Waals surface area contributed by atoms with E-state index in [2.05, 4.69) is 9.88 Å². The van der Waals surface area contributed by atoms with Crippen LogP contribution in [0.4, 0.5) is 9.18 Å². The zero-order valence-electron chi connectivity index (χ0n) is 21.3. The van der Waals surface area contributed by atoms with E-state index in [0.29, 0.717) is 18.7 Å². The number of carbonyl (C=O) groups is 1. The quantitative estimate of drug-likeness (QED) is 0.315. The molecule has 1 N–H and O–H groups in total. The van der Waals surface area contributed by atoms with E-state index < -0.39 is 6.04 Å². The molecule has 2 aromatic heterocycles. The van der Waals surface area contributed by atoms with Crippen LogP contribution in [0.1, 0.15) is 39.7 Å². The summed E-state index contributed by atoms with van der Waals surface area (Å²) in [7, 11) is 0. The third kappa shape index (κ3) is 4.26. The van der Waals surface area contributed by atoms with Crippen molar-refractivity contribution >= 4 is 6.03 Å². The Kier molecular flexibility index (Phi) is 6.04. The summed E-state index contributed by atoms with van der Waals surface area (Å²) in [6, 6.07) is 27.7. The predicted octanol–water partition coefficient (Wildman–Crippen LogP) is 6.23. The van der Waals surface area contributed by atoms with E-state index >= 15 is 0 Å². The van der Waals surface area contributed by atoms with Gasteiger partial charge in [0.15, 0.2) is 0 Å². The Morgan fingerprint density at radius 3 is 2.53 bits per heavy atom. The van der Waals surface area contributed by atoms with Crippen LogP contribution in [-0.4, -0.2) is 25.3 Å². The number of halogens is 1. The van der Waals surface area contributed by atoms with Crippen molar-refractivity contribution in [3.05, 3.63) is 137 Å². The van der Waals surface area contributed by atoms with E-state index in [0.717, 1.165) is 39.6 Å².